The molecular weight excluding hydrogens is 365 g/mol. The molecule has 0 aliphatic heterocycles. The Morgan fingerprint density at radius 3 is 2.56 bits per heavy atom. The van der Waals surface area contributed by atoms with Crippen molar-refractivity contribution in [2.24, 2.45) is 0 Å². The second kappa shape index (κ2) is 6.74. The van der Waals surface area contributed by atoms with E-state index in [1.165, 1.54) is 28.4 Å². The maximum atomic E-state index is 13.2. The number of sulfone groups is 1. The molecule has 0 amide bonds. The molecule has 2 aromatic heterocycles. The van der Waals surface area contributed by atoms with Crippen LogP contribution in [-0.2, 0) is 21.2 Å². The fraction of sp³-hybridized carbons (Fsp3) is 0.250. The minimum absolute atomic E-state index is 0.00398. The van der Waals surface area contributed by atoms with E-state index >= 15 is 0 Å². The third kappa shape index (κ3) is 3.14. The van der Waals surface area contributed by atoms with Gasteiger partial charge in [-0.25, -0.2) is 22.3 Å². The monoisotopic (exact) mass is 381 g/mol. The van der Waals surface area contributed by atoms with Crippen LogP contribution < -0.4 is 0 Å². The van der Waals surface area contributed by atoms with E-state index in [4.69, 9.17) is 4.74 Å². The summed E-state index contributed by atoms with van der Waals surface area (Å²) in [5, 5.41) is 4.71. The van der Waals surface area contributed by atoms with Crippen molar-refractivity contribution in [1.29, 1.82) is 0 Å². The molecule has 1 aromatic carbocycles. The first-order valence-corrected chi connectivity index (χ1v) is 10.0. The summed E-state index contributed by atoms with van der Waals surface area (Å²) in [6.45, 7) is 2.08. The van der Waals surface area contributed by atoms with Crippen LogP contribution in [0.5, 0.6) is 0 Å². The highest BCUT2D eigenvalue weighted by Crippen LogP contribution is 2.32. The second-order valence-corrected chi connectivity index (χ2v) is 8.03. The van der Waals surface area contributed by atoms with Gasteiger partial charge in [-0.3, -0.25) is 0 Å². The number of aromatic nitrogens is 3. The minimum Gasteiger partial charge on any atom is -0.378 e. The Labute approximate surface area is 149 Å². The zero-order valence-corrected chi connectivity index (χ0v) is 15.5. The van der Waals surface area contributed by atoms with Crippen molar-refractivity contribution in [3.05, 3.63) is 47.5 Å². The smallest absolute Gasteiger partial charge is 0.213 e. The maximum Gasteiger partial charge on any atom is 0.213 e. The van der Waals surface area contributed by atoms with E-state index in [0.717, 1.165) is 17.8 Å². The number of hydrogen-bond donors (Lipinski definition) is 0. The Morgan fingerprint density at radius 1 is 1.28 bits per heavy atom. The highest BCUT2D eigenvalue weighted by atomic mass is 32.2. The Kier molecular flexibility index (Phi) is 4.81. The van der Waals surface area contributed by atoms with Crippen LogP contribution in [0.25, 0.3) is 5.65 Å². The average molecular weight is 381 g/mol. The highest BCUT2D eigenvalue weighted by molar-refractivity contribution is 7.99. The van der Waals surface area contributed by atoms with Gasteiger partial charge in [0.25, 0.3) is 0 Å². The van der Waals surface area contributed by atoms with Crippen molar-refractivity contribution < 1.29 is 17.5 Å². The Morgan fingerprint density at radius 2 is 1.96 bits per heavy atom. The molecule has 0 N–H and O–H groups in total. The summed E-state index contributed by atoms with van der Waals surface area (Å²) in [5.74, 6) is -0.500. The predicted octanol–water partition coefficient (Wildman–Crippen LogP) is 2.88. The fourth-order valence-electron chi connectivity index (χ4n) is 2.51. The Hall–Kier alpha value is -1.97. The second-order valence-electron chi connectivity index (χ2n) is 5.35. The van der Waals surface area contributed by atoms with E-state index in [0.29, 0.717) is 10.7 Å². The average Bonchev–Trinajstić information content (AvgIpc) is 2.95. The number of hydrogen-bond acceptors (Lipinski definition) is 6. The van der Waals surface area contributed by atoms with E-state index < -0.39 is 15.7 Å². The summed E-state index contributed by atoms with van der Waals surface area (Å²) in [6, 6.07) is 6.51. The van der Waals surface area contributed by atoms with Crippen LogP contribution in [0.1, 0.15) is 11.4 Å². The number of rotatable bonds is 5. The van der Waals surface area contributed by atoms with Crippen LogP contribution in [0, 0.1) is 12.7 Å². The van der Waals surface area contributed by atoms with Crippen molar-refractivity contribution in [3.8, 4) is 0 Å². The van der Waals surface area contributed by atoms with Crippen LogP contribution in [0.4, 0.5) is 4.39 Å². The molecule has 0 aliphatic carbocycles. The van der Waals surface area contributed by atoms with Crippen molar-refractivity contribution in [3.63, 3.8) is 0 Å². The minimum atomic E-state index is -3.90. The van der Waals surface area contributed by atoms with Gasteiger partial charge in [0.05, 0.1) is 17.2 Å². The molecule has 6 nitrogen and oxygen atoms in total. The summed E-state index contributed by atoms with van der Waals surface area (Å²) in [7, 11) is -2.36. The molecule has 25 heavy (non-hydrogen) atoms. The van der Waals surface area contributed by atoms with Crippen molar-refractivity contribution in [2.45, 2.75) is 28.3 Å². The normalized spacial score (nSPS) is 12.0. The van der Waals surface area contributed by atoms with Gasteiger partial charge >= 0.3 is 0 Å². The van der Waals surface area contributed by atoms with E-state index in [9.17, 15) is 12.8 Å². The Bertz CT molecular complexity index is 1030. The van der Waals surface area contributed by atoms with Gasteiger partial charge in [-0.05, 0) is 43.5 Å². The predicted molar refractivity (Wildman–Crippen MR) is 92.1 cm³/mol. The van der Waals surface area contributed by atoms with E-state index in [1.54, 1.807) is 19.4 Å². The molecule has 0 bridgehead atoms. The molecule has 0 saturated heterocycles. The molecule has 3 rings (SSSR count). The van der Waals surface area contributed by atoms with Crippen LogP contribution in [0.2, 0.25) is 0 Å². The van der Waals surface area contributed by atoms with Crippen molar-refractivity contribution in [1.82, 2.24) is 14.6 Å². The number of thioether (sulfide) groups is 1. The van der Waals surface area contributed by atoms with Gasteiger partial charge in [-0.1, -0.05) is 0 Å². The van der Waals surface area contributed by atoms with Gasteiger partial charge in [0.1, 0.15) is 10.8 Å². The molecule has 0 spiro atoms. The molecular formula is C16H16FN3O3S2. The lowest BCUT2D eigenvalue weighted by atomic mass is 10.3. The zero-order chi connectivity index (χ0) is 18.2. The third-order valence-electron chi connectivity index (χ3n) is 3.63. The summed E-state index contributed by atoms with van der Waals surface area (Å²) in [4.78, 5) is 4.43. The van der Waals surface area contributed by atoms with Crippen LogP contribution in [-0.4, -0.2) is 36.4 Å². The SMILES string of the molecule is COCc1cc(C)n2nc(SC)c(S(=O)(=O)c3ccc(F)cc3)c2n1. The maximum absolute atomic E-state index is 13.2. The largest absolute Gasteiger partial charge is 0.378 e. The first-order chi connectivity index (χ1) is 11.9. The zero-order valence-electron chi connectivity index (χ0n) is 13.9. The number of nitrogens with zero attached hydrogens (tertiary/aromatic N) is 3. The molecule has 2 heterocycles. The summed E-state index contributed by atoms with van der Waals surface area (Å²) < 4.78 is 46.0. The van der Waals surface area contributed by atoms with Crippen molar-refractivity contribution >= 4 is 27.2 Å². The molecule has 0 saturated carbocycles. The van der Waals surface area contributed by atoms with Crippen molar-refractivity contribution in [2.75, 3.05) is 13.4 Å². The first kappa shape index (κ1) is 17.8. The van der Waals surface area contributed by atoms with Gasteiger partial charge in [-0.15, -0.1) is 11.8 Å². The van der Waals surface area contributed by atoms with Gasteiger partial charge in [-0.2, -0.15) is 5.10 Å². The lowest BCUT2D eigenvalue weighted by Crippen LogP contribution is -2.06. The summed E-state index contributed by atoms with van der Waals surface area (Å²) >= 11 is 1.22. The molecule has 0 atom stereocenters. The molecule has 3 aromatic rings. The van der Waals surface area contributed by atoms with Crippen LogP contribution >= 0.6 is 11.8 Å². The number of benzene rings is 1. The van der Waals surface area contributed by atoms with Gasteiger partial charge in [0, 0.05) is 12.8 Å². The fourth-order valence-corrected chi connectivity index (χ4v) is 4.90. The molecule has 0 fully saturated rings. The first-order valence-electron chi connectivity index (χ1n) is 7.31. The van der Waals surface area contributed by atoms with Crippen LogP contribution in [0.3, 0.4) is 0 Å². The van der Waals surface area contributed by atoms with Gasteiger partial charge in [0.2, 0.25) is 9.84 Å². The number of methoxy groups -OCH3 is 1. The molecule has 9 heteroatoms. The van der Waals surface area contributed by atoms with E-state index in [1.807, 2.05) is 6.92 Å². The van der Waals surface area contributed by atoms with E-state index in [2.05, 4.69) is 10.1 Å². The summed E-state index contributed by atoms with van der Waals surface area (Å²) in [5.41, 5.74) is 1.59. The number of aryl methyl sites for hydroxylation is 1. The topological polar surface area (TPSA) is 73.6 Å². The molecule has 0 radical (unpaired) electrons. The standard InChI is InChI=1S/C16H16FN3O3S2/c1-10-8-12(9-23-2)18-15-14(16(24-3)19-20(10)15)25(21,22)13-6-4-11(17)5-7-13/h4-8H,9H2,1-3H3. The summed E-state index contributed by atoms with van der Waals surface area (Å²) in [6.07, 6.45) is 1.75. The number of fused-ring (bicyclic) bond motifs is 1. The quantitative estimate of drug-likeness (QED) is 0.500. The molecule has 0 aliphatic rings. The number of ether oxygens (including phenoxy) is 1. The lowest BCUT2D eigenvalue weighted by Gasteiger charge is -2.06. The Balaban J connectivity index is 2.31. The molecule has 132 valence electrons. The van der Waals surface area contributed by atoms with Gasteiger partial charge in [0.15, 0.2) is 10.5 Å². The molecule has 0 unspecified atom stereocenters. The van der Waals surface area contributed by atoms with Gasteiger partial charge < -0.3 is 4.74 Å². The lowest BCUT2D eigenvalue weighted by molar-refractivity contribution is 0.181. The van der Waals surface area contributed by atoms with Crippen LogP contribution in [0.15, 0.2) is 45.1 Å². The van der Waals surface area contributed by atoms with E-state index in [-0.39, 0.29) is 22.0 Å². The third-order valence-corrected chi connectivity index (χ3v) is 6.23. The highest BCUT2D eigenvalue weighted by Gasteiger charge is 2.29. The number of halogens is 1.